The molecule has 1 atom stereocenters. The number of hydrogen-bond donors (Lipinski definition) is 1. The second-order valence-electron chi connectivity index (χ2n) is 7.63. The minimum Gasteiger partial charge on any atom is -0.379 e. The predicted octanol–water partition coefficient (Wildman–Crippen LogP) is -0.861. The Morgan fingerprint density at radius 3 is 2.68 bits per heavy atom. The molecule has 9 heteroatoms. The Hall–Kier alpha value is -2.13. The minimum atomic E-state index is -0.350. The van der Waals surface area contributed by atoms with Gasteiger partial charge >= 0.3 is 5.69 Å². The van der Waals surface area contributed by atoms with Crippen molar-refractivity contribution in [3.63, 3.8) is 0 Å². The highest BCUT2D eigenvalue weighted by Crippen LogP contribution is 2.21. The maximum absolute atomic E-state index is 12.6. The van der Waals surface area contributed by atoms with E-state index in [4.69, 9.17) is 4.74 Å². The molecule has 0 saturated carbocycles. The summed E-state index contributed by atoms with van der Waals surface area (Å²) in [6.45, 7) is 6.39. The van der Waals surface area contributed by atoms with Gasteiger partial charge in [0, 0.05) is 52.9 Å². The van der Waals surface area contributed by atoms with Gasteiger partial charge in [-0.1, -0.05) is 0 Å². The summed E-state index contributed by atoms with van der Waals surface area (Å²) in [5.74, 6) is 0.509. The van der Waals surface area contributed by atoms with E-state index in [0.29, 0.717) is 18.9 Å². The number of ether oxygens (including phenoxy) is 1. The predicted molar refractivity (Wildman–Crippen MR) is 107 cm³/mol. The number of nitrogens with zero attached hydrogens (tertiary/aromatic N) is 4. The van der Waals surface area contributed by atoms with Crippen LogP contribution in [0.2, 0.25) is 0 Å². The molecule has 2 aliphatic heterocycles. The van der Waals surface area contributed by atoms with Crippen molar-refractivity contribution in [2.45, 2.75) is 19.3 Å². The fourth-order valence-electron chi connectivity index (χ4n) is 3.91. The van der Waals surface area contributed by atoms with Crippen LogP contribution >= 0.6 is 0 Å². The third-order valence-corrected chi connectivity index (χ3v) is 5.67. The normalized spacial score (nSPS) is 20.9. The van der Waals surface area contributed by atoms with Crippen molar-refractivity contribution >= 4 is 11.7 Å². The second-order valence-corrected chi connectivity index (χ2v) is 7.63. The van der Waals surface area contributed by atoms with Gasteiger partial charge in [-0.3, -0.25) is 23.6 Å². The SMILES string of the molecule is Cn1c(N2CCC[C@@H](C(=O)NCCCN3CCOCC3)C2)cc(=O)n(C)c1=O. The zero-order valence-corrected chi connectivity index (χ0v) is 16.9. The summed E-state index contributed by atoms with van der Waals surface area (Å²) in [5, 5.41) is 3.05. The van der Waals surface area contributed by atoms with E-state index >= 15 is 0 Å². The summed E-state index contributed by atoms with van der Waals surface area (Å²) in [4.78, 5) is 41.1. The van der Waals surface area contributed by atoms with E-state index in [0.717, 1.165) is 63.2 Å². The molecule has 9 nitrogen and oxygen atoms in total. The topological polar surface area (TPSA) is 88.8 Å². The van der Waals surface area contributed by atoms with Crippen LogP contribution in [-0.2, 0) is 23.6 Å². The Bertz CT molecular complexity index is 796. The molecule has 0 bridgehead atoms. The standard InChI is InChI=1S/C19H31N5O4/c1-21-16(13-17(25)22(2)19(21)27)24-8-3-5-15(14-24)18(26)20-6-4-7-23-9-11-28-12-10-23/h13,15H,3-12,14H2,1-2H3,(H,20,26)/t15-/m1/s1. The van der Waals surface area contributed by atoms with Gasteiger partial charge in [0.2, 0.25) is 5.91 Å². The van der Waals surface area contributed by atoms with Gasteiger partial charge in [0.25, 0.3) is 5.56 Å². The lowest BCUT2D eigenvalue weighted by atomic mass is 9.97. The van der Waals surface area contributed by atoms with Gasteiger partial charge in [0.05, 0.1) is 19.1 Å². The summed E-state index contributed by atoms with van der Waals surface area (Å²) in [6, 6.07) is 1.48. The van der Waals surface area contributed by atoms with Gasteiger partial charge in [0.15, 0.2) is 0 Å². The maximum Gasteiger partial charge on any atom is 0.332 e. The number of aromatic nitrogens is 2. The Balaban J connectivity index is 1.52. The van der Waals surface area contributed by atoms with Crippen LogP contribution in [0.15, 0.2) is 15.7 Å². The van der Waals surface area contributed by atoms with E-state index in [9.17, 15) is 14.4 Å². The molecular weight excluding hydrogens is 362 g/mol. The summed E-state index contributed by atoms with van der Waals surface area (Å²) in [7, 11) is 3.13. The molecule has 2 aliphatic rings. The van der Waals surface area contributed by atoms with Crippen molar-refractivity contribution in [3.05, 3.63) is 26.9 Å². The molecule has 156 valence electrons. The largest absolute Gasteiger partial charge is 0.379 e. The lowest BCUT2D eigenvalue weighted by Gasteiger charge is -2.34. The molecule has 1 aromatic rings. The van der Waals surface area contributed by atoms with Crippen molar-refractivity contribution < 1.29 is 9.53 Å². The van der Waals surface area contributed by atoms with Crippen molar-refractivity contribution in [1.82, 2.24) is 19.4 Å². The lowest BCUT2D eigenvalue weighted by molar-refractivity contribution is -0.125. The molecule has 0 aromatic carbocycles. The zero-order valence-electron chi connectivity index (χ0n) is 16.9. The van der Waals surface area contributed by atoms with Crippen LogP contribution in [0.4, 0.5) is 5.82 Å². The first-order valence-electron chi connectivity index (χ1n) is 10.1. The minimum absolute atomic E-state index is 0.0560. The fraction of sp³-hybridized carbons (Fsp3) is 0.737. The van der Waals surface area contributed by atoms with Gasteiger partial charge in [0.1, 0.15) is 5.82 Å². The van der Waals surface area contributed by atoms with Gasteiger partial charge in [-0.05, 0) is 25.8 Å². The Morgan fingerprint density at radius 2 is 1.93 bits per heavy atom. The number of hydrogen-bond acceptors (Lipinski definition) is 6. The average molecular weight is 393 g/mol. The number of piperidine rings is 1. The molecule has 0 radical (unpaired) electrons. The summed E-state index contributed by atoms with van der Waals surface area (Å²) < 4.78 is 7.91. The van der Waals surface area contributed by atoms with Crippen LogP contribution in [0.3, 0.4) is 0 Å². The molecular formula is C19H31N5O4. The van der Waals surface area contributed by atoms with Gasteiger partial charge in [-0.2, -0.15) is 0 Å². The second kappa shape index (κ2) is 9.38. The van der Waals surface area contributed by atoms with E-state index in [1.165, 1.54) is 17.7 Å². The van der Waals surface area contributed by atoms with Crippen molar-refractivity contribution in [3.8, 4) is 0 Å². The Morgan fingerprint density at radius 1 is 1.18 bits per heavy atom. The van der Waals surface area contributed by atoms with Crippen LogP contribution in [0, 0.1) is 5.92 Å². The Kier molecular flexibility index (Phi) is 6.90. The fourth-order valence-corrected chi connectivity index (χ4v) is 3.91. The number of morpholine rings is 1. The molecule has 0 aliphatic carbocycles. The van der Waals surface area contributed by atoms with Crippen LogP contribution in [0.1, 0.15) is 19.3 Å². The maximum atomic E-state index is 12.6. The number of anilines is 1. The molecule has 3 heterocycles. The smallest absolute Gasteiger partial charge is 0.332 e. The van der Waals surface area contributed by atoms with Crippen LogP contribution < -0.4 is 21.5 Å². The van der Waals surface area contributed by atoms with E-state index < -0.39 is 0 Å². The van der Waals surface area contributed by atoms with Crippen molar-refractivity contribution in [2.24, 2.45) is 20.0 Å². The lowest BCUT2D eigenvalue weighted by Crippen LogP contribution is -2.47. The molecule has 0 spiro atoms. The molecule has 0 unspecified atom stereocenters. The highest BCUT2D eigenvalue weighted by molar-refractivity contribution is 5.79. The molecule has 2 fully saturated rings. The van der Waals surface area contributed by atoms with Gasteiger partial charge in [-0.15, -0.1) is 0 Å². The average Bonchev–Trinajstić information content (AvgIpc) is 2.73. The monoisotopic (exact) mass is 393 g/mol. The quantitative estimate of drug-likeness (QED) is 0.633. The van der Waals surface area contributed by atoms with E-state index in [2.05, 4.69) is 10.2 Å². The number of carbonyl (C=O) groups is 1. The number of nitrogens with one attached hydrogen (secondary N) is 1. The summed E-state index contributed by atoms with van der Waals surface area (Å²) in [6.07, 6.45) is 2.60. The molecule has 1 amide bonds. The highest BCUT2D eigenvalue weighted by atomic mass is 16.5. The molecule has 1 aromatic heterocycles. The van der Waals surface area contributed by atoms with Gasteiger partial charge < -0.3 is 15.0 Å². The molecule has 3 rings (SSSR count). The number of carbonyl (C=O) groups excluding carboxylic acids is 1. The Labute approximate surface area is 164 Å². The third-order valence-electron chi connectivity index (χ3n) is 5.67. The first-order chi connectivity index (χ1) is 13.5. The van der Waals surface area contributed by atoms with Crippen molar-refractivity contribution in [1.29, 1.82) is 0 Å². The van der Waals surface area contributed by atoms with Crippen LogP contribution in [0.25, 0.3) is 0 Å². The van der Waals surface area contributed by atoms with Crippen LogP contribution in [0.5, 0.6) is 0 Å². The number of amides is 1. The summed E-state index contributed by atoms with van der Waals surface area (Å²) in [5.41, 5.74) is -0.676. The highest BCUT2D eigenvalue weighted by Gasteiger charge is 2.27. The van der Waals surface area contributed by atoms with Crippen molar-refractivity contribution in [2.75, 3.05) is 57.4 Å². The van der Waals surface area contributed by atoms with Crippen LogP contribution in [-0.4, -0.2) is 72.4 Å². The summed E-state index contributed by atoms with van der Waals surface area (Å²) >= 11 is 0. The van der Waals surface area contributed by atoms with E-state index in [1.54, 1.807) is 7.05 Å². The molecule has 1 N–H and O–H groups in total. The zero-order chi connectivity index (χ0) is 20.1. The third kappa shape index (κ3) is 4.82. The first kappa shape index (κ1) is 20.6. The van der Waals surface area contributed by atoms with E-state index in [-0.39, 0.29) is 23.1 Å². The van der Waals surface area contributed by atoms with Gasteiger partial charge in [-0.25, -0.2) is 4.79 Å². The molecule has 2 saturated heterocycles. The first-order valence-corrected chi connectivity index (χ1v) is 10.1. The van der Waals surface area contributed by atoms with E-state index in [1.807, 2.05) is 4.90 Å². The molecule has 28 heavy (non-hydrogen) atoms. The number of rotatable bonds is 6.